The second kappa shape index (κ2) is 10.8. The molecule has 2 amide bonds. The van der Waals surface area contributed by atoms with Crippen LogP contribution in [0.5, 0.6) is 0 Å². The summed E-state index contributed by atoms with van der Waals surface area (Å²) >= 11 is 12.6. The maximum Gasteiger partial charge on any atom is 0.266 e. The highest BCUT2D eigenvalue weighted by molar-refractivity contribution is 8.26. The number of hydrogen-bond acceptors (Lipinski definition) is 4. The van der Waals surface area contributed by atoms with Crippen molar-refractivity contribution in [3.05, 3.63) is 69.6 Å². The first kappa shape index (κ1) is 22.5. The smallest absolute Gasteiger partial charge is 0.266 e. The van der Waals surface area contributed by atoms with Gasteiger partial charge in [0.15, 0.2) is 0 Å². The van der Waals surface area contributed by atoms with E-state index in [1.165, 1.54) is 17.3 Å². The zero-order valence-corrected chi connectivity index (χ0v) is 19.1. The van der Waals surface area contributed by atoms with E-state index in [4.69, 9.17) is 23.8 Å². The number of carbonyl (C=O) groups excluding carboxylic acids is 2. The van der Waals surface area contributed by atoms with E-state index < -0.39 is 0 Å². The predicted octanol–water partition coefficient (Wildman–Crippen LogP) is 6.05. The van der Waals surface area contributed by atoms with Crippen LogP contribution < -0.4 is 5.32 Å². The molecule has 0 unspecified atom stereocenters. The Labute approximate surface area is 191 Å². The summed E-state index contributed by atoms with van der Waals surface area (Å²) in [5, 5.41) is 3.49. The van der Waals surface area contributed by atoms with E-state index in [0.717, 1.165) is 30.5 Å². The Bertz CT molecular complexity index is 956. The number of carbonyl (C=O) groups is 2. The van der Waals surface area contributed by atoms with Gasteiger partial charge in [-0.2, -0.15) is 0 Å². The number of thiocarbonyl (C=S) groups is 1. The summed E-state index contributed by atoms with van der Waals surface area (Å²) < 4.78 is 0.596. The summed E-state index contributed by atoms with van der Waals surface area (Å²) in [6, 6.07) is 15.1. The molecule has 30 heavy (non-hydrogen) atoms. The van der Waals surface area contributed by atoms with Gasteiger partial charge in [0.1, 0.15) is 4.32 Å². The van der Waals surface area contributed by atoms with Gasteiger partial charge in [-0.1, -0.05) is 71.8 Å². The third-order valence-electron chi connectivity index (χ3n) is 4.66. The monoisotopic (exact) mass is 458 g/mol. The third kappa shape index (κ3) is 6.42. The van der Waals surface area contributed by atoms with Crippen molar-refractivity contribution in [1.82, 2.24) is 4.90 Å². The van der Waals surface area contributed by atoms with Crippen molar-refractivity contribution in [3.8, 4) is 0 Å². The van der Waals surface area contributed by atoms with Gasteiger partial charge in [-0.25, -0.2) is 0 Å². The van der Waals surface area contributed by atoms with Crippen molar-refractivity contribution in [2.75, 3.05) is 11.9 Å². The fourth-order valence-corrected chi connectivity index (χ4v) is 4.43. The molecule has 2 aromatic carbocycles. The molecule has 0 aliphatic carbocycles. The molecule has 0 saturated carbocycles. The molecular weight excluding hydrogens is 436 g/mol. The summed E-state index contributed by atoms with van der Waals surface area (Å²) in [5.41, 5.74) is 2.91. The highest BCUT2D eigenvalue weighted by atomic mass is 35.5. The number of nitrogens with zero attached hydrogens (tertiary/aromatic N) is 1. The minimum absolute atomic E-state index is 0.0241. The van der Waals surface area contributed by atoms with Gasteiger partial charge in [0.2, 0.25) is 5.91 Å². The van der Waals surface area contributed by atoms with E-state index in [-0.39, 0.29) is 11.8 Å². The van der Waals surface area contributed by atoms with Gasteiger partial charge in [0.25, 0.3) is 5.91 Å². The summed E-state index contributed by atoms with van der Waals surface area (Å²) in [5.74, 6) is -0.0602. The molecule has 7 heteroatoms. The number of unbranched alkanes of at least 4 members (excludes halogenated alkanes) is 2. The Morgan fingerprint density at radius 1 is 1.10 bits per heavy atom. The van der Waals surface area contributed by atoms with E-state index in [0.29, 0.717) is 27.2 Å². The number of rotatable bonds is 8. The Kier molecular flexibility index (Phi) is 8.08. The second-order valence-corrected chi connectivity index (χ2v) is 9.22. The minimum Gasteiger partial charge on any atom is -0.326 e. The van der Waals surface area contributed by atoms with Crippen LogP contribution in [0.3, 0.4) is 0 Å². The fourth-order valence-electron chi connectivity index (χ4n) is 3.00. The van der Waals surface area contributed by atoms with E-state index >= 15 is 0 Å². The topological polar surface area (TPSA) is 49.4 Å². The summed E-state index contributed by atoms with van der Waals surface area (Å²) in [7, 11) is 0. The van der Waals surface area contributed by atoms with Gasteiger partial charge in [-0.15, -0.1) is 0 Å². The molecule has 1 N–H and O–H groups in total. The maximum atomic E-state index is 12.7. The van der Waals surface area contributed by atoms with Crippen LogP contribution in [0.25, 0.3) is 6.08 Å². The fraction of sp³-hybridized carbons (Fsp3) is 0.261. The average molecular weight is 459 g/mol. The summed E-state index contributed by atoms with van der Waals surface area (Å²) in [6.45, 7) is 2.61. The molecule has 0 bridgehead atoms. The van der Waals surface area contributed by atoms with E-state index in [2.05, 4.69) is 5.32 Å². The molecule has 156 valence electrons. The molecule has 4 nitrogen and oxygen atoms in total. The van der Waals surface area contributed by atoms with Gasteiger partial charge in [-0.05, 0) is 55.7 Å². The van der Waals surface area contributed by atoms with Gasteiger partial charge in [0, 0.05) is 23.7 Å². The molecule has 2 aromatic rings. The quantitative estimate of drug-likeness (QED) is 0.297. The van der Waals surface area contributed by atoms with Crippen LogP contribution in [-0.2, 0) is 9.59 Å². The Morgan fingerprint density at radius 3 is 2.50 bits per heavy atom. The molecule has 0 aromatic heterocycles. The summed E-state index contributed by atoms with van der Waals surface area (Å²) in [4.78, 5) is 27.0. The molecule has 0 radical (unpaired) electrons. The van der Waals surface area contributed by atoms with Crippen molar-refractivity contribution in [2.24, 2.45) is 0 Å². The van der Waals surface area contributed by atoms with Crippen molar-refractivity contribution in [2.45, 2.75) is 32.6 Å². The number of nitrogens with one attached hydrogen (secondary N) is 1. The number of benzene rings is 2. The highest BCUT2D eigenvalue weighted by Crippen LogP contribution is 2.32. The number of aryl methyl sites for hydroxylation is 1. The first-order valence-electron chi connectivity index (χ1n) is 9.80. The lowest BCUT2D eigenvalue weighted by Crippen LogP contribution is -2.29. The lowest BCUT2D eigenvalue weighted by molar-refractivity contribution is -0.122. The molecule has 1 saturated heterocycles. The number of halogens is 1. The third-order valence-corrected chi connectivity index (χ3v) is 6.29. The van der Waals surface area contributed by atoms with Gasteiger partial charge < -0.3 is 5.32 Å². The van der Waals surface area contributed by atoms with Gasteiger partial charge >= 0.3 is 0 Å². The van der Waals surface area contributed by atoms with E-state index in [9.17, 15) is 9.59 Å². The lowest BCUT2D eigenvalue weighted by Gasteiger charge is -2.14. The van der Waals surface area contributed by atoms with Gasteiger partial charge in [-0.3, -0.25) is 14.5 Å². The van der Waals surface area contributed by atoms with E-state index in [1.54, 1.807) is 29.2 Å². The zero-order chi connectivity index (χ0) is 21.5. The zero-order valence-electron chi connectivity index (χ0n) is 16.7. The molecule has 1 aliphatic heterocycles. The Morgan fingerprint density at radius 2 is 1.80 bits per heavy atom. The minimum atomic E-state index is -0.0361. The molecule has 0 atom stereocenters. The first-order chi connectivity index (χ1) is 14.4. The second-order valence-electron chi connectivity index (χ2n) is 7.11. The Hall–Kier alpha value is -2.15. The predicted molar refractivity (Wildman–Crippen MR) is 130 cm³/mol. The highest BCUT2D eigenvalue weighted by Gasteiger charge is 2.31. The molecule has 0 spiro atoms. The lowest BCUT2D eigenvalue weighted by atomic mass is 10.1. The SMILES string of the molecule is Cc1ccc(C=C2SC(=S)N(CCCCCC(=O)Nc3ccc(Cl)cc3)C2=O)cc1. The Balaban J connectivity index is 1.40. The first-order valence-corrected chi connectivity index (χ1v) is 11.4. The van der Waals surface area contributed by atoms with Crippen molar-refractivity contribution < 1.29 is 9.59 Å². The van der Waals surface area contributed by atoms with Crippen LogP contribution in [0.4, 0.5) is 5.69 Å². The van der Waals surface area contributed by atoms with Crippen molar-refractivity contribution >= 4 is 63.5 Å². The average Bonchev–Trinajstić information content (AvgIpc) is 2.98. The largest absolute Gasteiger partial charge is 0.326 e. The number of amides is 2. The number of thioether (sulfide) groups is 1. The summed E-state index contributed by atoms with van der Waals surface area (Å²) in [6.07, 6.45) is 4.74. The molecule has 1 fully saturated rings. The van der Waals surface area contributed by atoms with Crippen molar-refractivity contribution in [1.29, 1.82) is 0 Å². The maximum absolute atomic E-state index is 12.7. The van der Waals surface area contributed by atoms with Crippen LogP contribution >= 0.6 is 35.6 Å². The van der Waals surface area contributed by atoms with Crippen LogP contribution in [0, 0.1) is 6.92 Å². The molecule has 1 aliphatic rings. The number of anilines is 1. The van der Waals surface area contributed by atoms with Gasteiger partial charge in [0.05, 0.1) is 4.91 Å². The van der Waals surface area contributed by atoms with Crippen LogP contribution in [0.1, 0.15) is 36.8 Å². The van der Waals surface area contributed by atoms with Crippen LogP contribution in [0.15, 0.2) is 53.4 Å². The van der Waals surface area contributed by atoms with Crippen LogP contribution in [-0.4, -0.2) is 27.6 Å². The van der Waals surface area contributed by atoms with E-state index in [1.807, 2.05) is 37.3 Å². The number of hydrogen-bond donors (Lipinski definition) is 1. The standard InChI is InChI=1S/C23H23ClN2O2S2/c1-16-6-8-17(9-7-16)15-20-22(28)26(23(29)30-20)14-4-2-3-5-21(27)25-19-12-10-18(24)11-13-19/h6-13,15H,2-5,14H2,1H3,(H,25,27). The molecule has 3 rings (SSSR count). The normalized spacial score (nSPS) is 15.1. The van der Waals surface area contributed by atoms with Crippen LogP contribution in [0.2, 0.25) is 5.02 Å². The molecule has 1 heterocycles. The van der Waals surface area contributed by atoms with Crippen molar-refractivity contribution in [3.63, 3.8) is 0 Å². The molecular formula is C23H23ClN2O2S2.